The second kappa shape index (κ2) is 7.91. The van der Waals surface area contributed by atoms with Gasteiger partial charge < -0.3 is 0 Å². The van der Waals surface area contributed by atoms with Gasteiger partial charge in [0, 0.05) is 23.3 Å². The molecule has 0 saturated heterocycles. The molecular formula is C15H9ClF4N4O2. The number of benzene rings is 1. The molecule has 1 aromatic carbocycles. The first-order valence-electron chi connectivity index (χ1n) is 6.79. The van der Waals surface area contributed by atoms with E-state index < -0.39 is 23.1 Å². The molecule has 0 atom stereocenters. The summed E-state index contributed by atoms with van der Waals surface area (Å²) < 4.78 is 50.6. The monoisotopic (exact) mass is 388 g/mol. The van der Waals surface area contributed by atoms with Crippen molar-refractivity contribution in [3.05, 3.63) is 79.8 Å². The zero-order valence-electron chi connectivity index (χ0n) is 12.6. The summed E-state index contributed by atoms with van der Waals surface area (Å²) in [6.45, 7) is 0. The lowest BCUT2D eigenvalue weighted by molar-refractivity contribution is -0.137. The van der Waals surface area contributed by atoms with Crippen molar-refractivity contribution < 1.29 is 17.6 Å². The third-order valence-corrected chi connectivity index (χ3v) is 3.11. The first kappa shape index (κ1) is 19.3. The van der Waals surface area contributed by atoms with Crippen molar-refractivity contribution in [2.45, 2.75) is 6.18 Å². The lowest BCUT2D eigenvalue weighted by atomic mass is 10.1. The number of nitrogens with zero attached hydrogens (tertiary/aromatic N) is 2. The van der Waals surface area contributed by atoms with Crippen molar-refractivity contribution in [3.8, 4) is 11.1 Å². The fraction of sp³-hybridized carbons (Fsp3) is 0.0667. The standard InChI is InChI=1S/C11H6F4N2O.C4H3ClN2O/c12-9-4-7(11(13,14)15)1-2-8(9)6-3-10(18)17-16-5-6;5-3-1-4(8)7-6-2-3/h1-5H,(H,17,18);1-2H,(H,7,8). The number of aromatic nitrogens is 4. The van der Waals surface area contributed by atoms with Crippen LogP contribution in [0.25, 0.3) is 11.1 Å². The zero-order valence-corrected chi connectivity index (χ0v) is 13.4. The number of rotatable bonds is 1. The van der Waals surface area contributed by atoms with Gasteiger partial charge in [-0.1, -0.05) is 17.7 Å². The van der Waals surface area contributed by atoms with Gasteiger partial charge in [0.05, 0.1) is 23.0 Å². The van der Waals surface area contributed by atoms with E-state index in [1.165, 1.54) is 12.3 Å². The average Bonchev–Trinajstić information content (AvgIpc) is 2.54. The van der Waals surface area contributed by atoms with Crippen LogP contribution in [0.3, 0.4) is 0 Å². The number of hydrogen-bond donors (Lipinski definition) is 2. The molecule has 26 heavy (non-hydrogen) atoms. The Morgan fingerprint density at radius 2 is 1.54 bits per heavy atom. The maximum absolute atomic E-state index is 13.6. The van der Waals surface area contributed by atoms with Crippen LogP contribution >= 0.6 is 11.6 Å². The van der Waals surface area contributed by atoms with Crippen LogP contribution in [-0.4, -0.2) is 20.4 Å². The van der Waals surface area contributed by atoms with Crippen LogP contribution in [0, 0.1) is 5.82 Å². The first-order valence-corrected chi connectivity index (χ1v) is 7.16. The van der Waals surface area contributed by atoms with Crippen molar-refractivity contribution in [3.63, 3.8) is 0 Å². The Bertz CT molecular complexity index is 1020. The molecule has 136 valence electrons. The van der Waals surface area contributed by atoms with Gasteiger partial charge in [-0.15, -0.1) is 0 Å². The molecule has 3 rings (SSSR count). The van der Waals surface area contributed by atoms with E-state index in [0.717, 1.165) is 24.4 Å². The topological polar surface area (TPSA) is 91.5 Å². The van der Waals surface area contributed by atoms with E-state index in [9.17, 15) is 27.2 Å². The number of alkyl halides is 3. The number of halogens is 5. The molecule has 2 heterocycles. The fourth-order valence-corrected chi connectivity index (χ4v) is 1.95. The fourth-order valence-electron chi connectivity index (χ4n) is 1.80. The van der Waals surface area contributed by atoms with E-state index in [4.69, 9.17) is 11.6 Å². The first-order chi connectivity index (χ1) is 12.2. The lowest BCUT2D eigenvalue weighted by Crippen LogP contribution is -2.07. The molecule has 3 aromatic rings. The normalized spacial score (nSPS) is 10.8. The van der Waals surface area contributed by atoms with Crippen LogP contribution in [0.5, 0.6) is 0 Å². The van der Waals surface area contributed by atoms with E-state index in [1.807, 2.05) is 0 Å². The minimum Gasteiger partial charge on any atom is -0.268 e. The Morgan fingerprint density at radius 1 is 0.923 bits per heavy atom. The Hall–Kier alpha value is -3.01. The molecule has 0 radical (unpaired) electrons. The zero-order chi connectivity index (χ0) is 19.3. The summed E-state index contributed by atoms with van der Waals surface area (Å²) >= 11 is 5.36. The van der Waals surface area contributed by atoms with E-state index in [1.54, 1.807) is 0 Å². The molecule has 2 N–H and O–H groups in total. The molecule has 0 fully saturated rings. The van der Waals surface area contributed by atoms with E-state index in [2.05, 4.69) is 20.4 Å². The summed E-state index contributed by atoms with van der Waals surface area (Å²) in [5.41, 5.74) is -1.92. The minimum atomic E-state index is -4.61. The van der Waals surface area contributed by atoms with Gasteiger partial charge in [-0.05, 0) is 12.1 Å². The summed E-state index contributed by atoms with van der Waals surface area (Å²) in [5.74, 6) is -1.06. The summed E-state index contributed by atoms with van der Waals surface area (Å²) in [4.78, 5) is 21.3. The second-order valence-electron chi connectivity index (χ2n) is 4.79. The molecule has 0 bridgehead atoms. The summed E-state index contributed by atoms with van der Waals surface area (Å²) in [6, 6.07) is 4.41. The third-order valence-electron chi connectivity index (χ3n) is 2.90. The van der Waals surface area contributed by atoms with E-state index >= 15 is 0 Å². The number of nitrogens with one attached hydrogen (secondary N) is 2. The van der Waals surface area contributed by atoms with Gasteiger partial charge >= 0.3 is 6.18 Å². The minimum absolute atomic E-state index is 0.110. The molecule has 0 unspecified atom stereocenters. The third kappa shape index (κ3) is 5.24. The Balaban J connectivity index is 0.000000254. The lowest BCUT2D eigenvalue weighted by Gasteiger charge is -2.08. The van der Waals surface area contributed by atoms with Crippen LogP contribution in [0.1, 0.15) is 5.56 Å². The van der Waals surface area contributed by atoms with Crippen LogP contribution in [0.2, 0.25) is 5.02 Å². The van der Waals surface area contributed by atoms with Crippen molar-refractivity contribution in [1.29, 1.82) is 0 Å². The van der Waals surface area contributed by atoms with Gasteiger partial charge in [-0.25, -0.2) is 14.6 Å². The van der Waals surface area contributed by atoms with Crippen molar-refractivity contribution in [2.75, 3.05) is 0 Å². The second-order valence-corrected chi connectivity index (χ2v) is 5.23. The van der Waals surface area contributed by atoms with Crippen molar-refractivity contribution in [2.24, 2.45) is 0 Å². The average molecular weight is 389 g/mol. The molecular weight excluding hydrogens is 380 g/mol. The molecule has 2 aromatic heterocycles. The molecule has 0 saturated carbocycles. The van der Waals surface area contributed by atoms with Gasteiger partial charge in [0.1, 0.15) is 5.82 Å². The number of H-pyrrole nitrogens is 2. The number of hydrogen-bond acceptors (Lipinski definition) is 4. The van der Waals surface area contributed by atoms with Crippen LogP contribution in [0.4, 0.5) is 17.6 Å². The van der Waals surface area contributed by atoms with E-state index in [0.29, 0.717) is 11.1 Å². The summed E-state index contributed by atoms with van der Waals surface area (Å²) in [5, 5.41) is 11.5. The molecule has 0 aliphatic heterocycles. The quantitative estimate of drug-likeness (QED) is 0.627. The van der Waals surface area contributed by atoms with Gasteiger partial charge in [0.15, 0.2) is 0 Å². The Morgan fingerprint density at radius 3 is 2.00 bits per heavy atom. The Kier molecular flexibility index (Phi) is 5.88. The molecule has 0 amide bonds. The van der Waals surface area contributed by atoms with E-state index in [-0.39, 0.29) is 16.7 Å². The SMILES string of the molecule is O=c1cc(-c2ccc(C(F)(F)F)cc2F)cn[nH]1.O=c1cc(Cl)cn[nH]1. The smallest absolute Gasteiger partial charge is 0.268 e. The highest BCUT2D eigenvalue weighted by atomic mass is 35.5. The molecule has 11 heteroatoms. The summed E-state index contributed by atoms with van der Waals surface area (Å²) in [7, 11) is 0. The molecule has 6 nitrogen and oxygen atoms in total. The van der Waals surface area contributed by atoms with Crippen LogP contribution < -0.4 is 11.1 Å². The maximum atomic E-state index is 13.6. The highest BCUT2D eigenvalue weighted by Crippen LogP contribution is 2.32. The summed E-state index contributed by atoms with van der Waals surface area (Å²) in [6.07, 6.45) is -2.08. The predicted molar refractivity (Wildman–Crippen MR) is 85.1 cm³/mol. The molecule has 0 aliphatic rings. The van der Waals surface area contributed by atoms with Gasteiger partial charge in [0.25, 0.3) is 11.1 Å². The largest absolute Gasteiger partial charge is 0.416 e. The Labute approximate surface area is 147 Å². The molecule has 0 spiro atoms. The van der Waals surface area contributed by atoms with Crippen molar-refractivity contribution >= 4 is 11.6 Å². The van der Waals surface area contributed by atoms with Crippen LogP contribution in [-0.2, 0) is 6.18 Å². The predicted octanol–water partition coefficient (Wildman–Crippen LogP) is 3.02. The van der Waals surface area contributed by atoms with Crippen LogP contribution in [0.15, 0.2) is 52.3 Å². The van der Waals surface area contributed by atoms with Gasteiger partial charge in [0.2, 0.25) is 0 Å². The highest BCUT2D eigenvalue weighted by molar-refractivity contribution is 6.30. The molecule has 0 aliphatic carbocycles. The van der Waals surface area contributed by atoms with Gasteiger partial charge in [-0.2, -0.15) is 23.4 Å². The number of aromatic amines is 2. The van der Waals surface area contributed by atoms with Gasteiger partial charge in [-0.3, -0.25) is 9.59 Å². The van der Waals surface area contributed by atoms with Crippen molar-refractivity contribution in [1.82, 2.24) is 20.4 Å². The maximum Gasteiger partial charge on any atom is 0.416 e. The highest BCUT2D eigenvalue weighted by Gasteiger charge is 2.31.